The molecule has 1 aromatic heterocycles. The topological polar surface area (TPSA) is 107 Å². The van der Waals surface area contributed by atoms with Crippen LogP contribution in [0.25, 0.3) is 10.9 Å². The van der Waals surface area contributed by atoms with Gasteiger partial charge >= 0.3 is 0 Å². The number of aromatic hydroxyl groups is 2. The molecular weight excluding hydrogens is 346 g/mol. The minimum atomic E-state index is -0.501. The van der Waals surface area contributed by atoms with Crippen LogP contribution in [0.1, 0.15) is 5.56 Å². The second-order valence-electron chi connectivity index (χ2n) is 5.26. The van der Waals surface area contributed by atoms with Crippen LogP contribution in [0.4, 0.5) is 5.69 Å². The molecule has 1 heterocycles. The van der Waals surface area contributed by atoms with Gasteiger partial charge in [-0.05, 0) is 29.8 Å². The van der Waals surface area contributed by atoms with Gasteiger partial charge in [0.05, 0.1) is 29.5 Å². The number of hydrogen-bond acceptors (Lipinski definition) is 5. The fourth-order valence-corrected chi connectivity index (χ4v) is 2.71. The maximum absolute atomic E-state index is 12.0. The average Bonchev–Trinajstić information content (AvgIpc) is 2.92. The van der Waals surface area contributed by atoms with Gasteiger partial charge in [0.2, 0.25) is 5.88 Å². The fourth-order valence-electron chi connectivity index (χ4n) is 2.38. The average molecular weight is 360 g/mol. The number of nitrogens with one attached hydrogen (secondary N) is 1. The number of methoxy groups -OCH3 is 1. The number of amides is 1. The van der Waals surface area contributed by atoms with Gasteiger partial charge < -0.3 is 19.9 Å². The van der Waals surface area contributed by atoms with E-state index in [0.717, 1.165) is 0 Å². The number of fused-ring (bicyclic) bond motifs is 1. The van der Waals surface area contributed by atoms with E-state index in [1.807, 2.05) is 0 Å². The molecule has 0 saturated heterocycles. The Labute approximate surface area is 147 Å². The van der Waals surface area contributed by atoms with Crippen molar-refractivity contribution in [2.75, 3.05) is 7.11 Å². The number of ether oxygens (including phenoxy) is 1. The number of halogens is 1. The molecule has 0 aliphatic carbocycles. The molecule has 0 radical (unpaired) electrons. The van der Waals surface area contributed by atoms with Crippen LogP contribution >= 0.6 is 11.6 Å². The van der Waals surface area contributed by atoms with E-state index in [2.05, 4.69) is 15.2 Å². The van der Waals surface area contributed by atoms with Gasteiger partial charge in [-0.3, -0.25) is 4.79 Å². The van der Waals surface area contributed by atoms with Crippen molar-refractivity contribution in [2.24, 2.45) is 10.2 Å². The van der Waals surface area contributed by atoms with Gasteiger partial charge in [0.1, 0.15) is 11.5 Å². The van der Waals surface area contributed by atoms with Gasteiger partial charge in [0.25, 0.3) is 5.91 Å². The number of aromatic nitrogens is 1. The number of carbonyl (C=O) groups is 1. The molecule has 3 aromatic rings. The van der Waals surface area contributed by atoms with Crippen LogP contribution in [0.2, 0.25) is 5.02 Å². The summed E-state index contributed by atoms with van der Waals surface area (Å²) >= 11 is 6.25. The number of azo groups is 1. The van der Waals surface area contributed by atoms with Gasteiger partial charge in [-0.1, -0.05) is 23.7 Å². The van der Waals surface area contributed by atoms with Crippen molar-refractivity contribution in [1.29, 1.82) is 0 Å². The van der Waals surface area contributed by atoms with Crippen LogP contribution in [0.15, 0.2) is 46.6 Å². The Kier molecular flexibility index (Phi) is 4.58. The summed E-state index contributed by atoms with van der Waals surface area (Å²) in [6, 6.07) is 9.53. The monoisotopic (exact) mass is 359 g/mol. The molecule has 0 unspecified atom stereocenters. The lowest BCUT2D eigenvalue weighted by atomic mass is 10.1. The van der Waals surface area contributed by atoms with Crippen molar-refractivity contribution in [3.63, 3.8) is 0 Å². The Balaban J connectivity index is 1.89. The minimum absolute atomic E-state index is 0.0178. The largest absolute Gasteiger partial charge is 0.508 e. The third kappa shape index (κ3) is 3.41. The molecule has 0 bridgehead atoms. The van der Waals surface area contributed by atoms with Crippen LogP contribution < -0.4 is 4.74 Å². The summed E-state index contributed by atoms with van der Waals surface area (Å²) in [6.07, 6.45) is 0.0178. The summed E-state index contributed by atoms with van der Waals surface area (Å²) in [7, 11) is 1.47. The van der Waals surface area contributed by atoms with Crippen molar-refractivity contribution < 1.29 is 19.7 Å². The number of hydrogen-bond donors (Lipinski definition) is 3. The van der Waals surface area contributed by atoms with Crippen LogP contribution in [0.3, 0.4) is 0 Å². The van der Waals surface area contributed by atoms with Crippen LogP contribution in [-0.2, 0) is 11.2 Å². The van der Waals surface area contributed by atoms with Crippen LogP contribution in [-0.4, -0.2) is 28.2 Å². The molecule has 3 N–H and O–H groups in total. The quantitative estimate of drug-likeness (QED) is 0.609. The van der Waals surface area contributed by atoms with Crippen molar-refractivity contribution in [1.82, 2.24) is 4.98 Å². The molecule has 128 valence electrons. The van der Waals surface area contributed by atoms with Gasteiger partial charge in [0.15, 0.2) is 5.69 Å². The highest BCUT2D eigenvalue weighted by atomic mass is 35.5. The first-order valence-corrected chi connectivity index (χ1v) is 7.67. The lowest BCUT2D eigenvalue weighted by molar-refractivity contribution is -0.117. The molecule has 0 aliphatic heterocycles. The molecule has 25 heavy (non-hydrogen) atoms. The smallest absolute Gasteiger partial charge is 0.269 e. The van der Waals surface area contributed by atoms with Crippen molar-refractivity contribution in [3.05, 3.63) is 47.0 Å². The zero-order chi connectivity index (χ0) is 18.0. The molecule has 3 rings (SSSR count). The van der Waals surface area contributed by atoms with E-state index >= 15 is 0 Å². The number of nitrogens with zero attached hydrogens (tertiary/aromatic N) is 2. The molecule has 0 saturated carbocycles. The van der Waals surface area contributed by atoms with E-state index in [9.17, 15) is 15.0 Å². The molecule has 1 amide bonds. The summed E-state index contributed by atoms with van der Waals surface area (Å²) in [5, 5.41) is 27.4. The fraction of sp³-hybridized carbons (Fsp3) is 0.118. The summed E-state index contributed by atoms with van der Waals surface area (Å²) < 4.78 is 5.14. The van der Waals surface area contributed by atoms with Gasteiger partial charge in [-0.25, -0.2) is 0 Å². The normalized spacial score (nSPS) is 11.3. The highest BCUT2D eigenvalue weighted by Crippen LogP contribution is 2.43. The first-order chi connectivity index (χ1) is 12.0. The summed E-state index contributed by atoms with van der Waals surface area (Å²) in [5.74, 6) is -0.213. The number of carbonyl (C=O) groups excluding carboxylic acids is 1. The number of H-pyrrole nitrogens is 1. The molecule has 0 fully saturated rings. The highest BCUT2D eigenvalue weighted by molar-refractivity contribution is 6.38. The lowest BCUT2D eigenvalue weighted by Gasteiger charge is -2.03. The maximum atomic E-state index is 12.0. The Morgan fingerprint density at radius 3 is 2.60 bits per heavy atom. The summed E-state index contributed by atoms with van der Waals surface area (Å²) in [6.45, 7) is 0. The second kappa shape index (κ2) is 6.82. The SMILES string of the molecule is COc1ccc2[nH]c(O)c(N=NC(=O)Cc3ccc(O)cc3)c2c1Cl. The number of benzene rings is 2. The molecule has 0 aliphatic rings. The number of rotatable bonds is 4. The number of aromatic amines is 1. The summed E-state index contributed by atoms with van der Waals surface area (Å²) in [5.41, 5.74) is 1.30. The zero-order valence-corrected chi connectivity index (χ0v) is 13.9. The first-order valence-electron chi connectivity index (χ1n) is 7.29. The van der Waals surface area contributed by atoms with Crippen LogP contribution in [0.5, 0.6) is 17.4 Å². The number of phenolic OH excluding ortho intramolecular Hbond substituents is 1. The predicted octanol–water partition coefficient (Wildman–Crippen LogP) is 4.09. The molecule has 0 spiro atoms. The Morgan fingerprint density at radius 1 is 1.20 bits per heavy atom. The van der Waals surface area contributed by atoms with E-state index in [1.165, 1.54) is 19.2 Å². The molecule has 0 atom stereocenters. The Hall–Kier alpha value is -3.06. The minimum Gasteiger partial charge on any atom is -0.508 e. The van der Waals surface area contributed by atoms with Gasteiger partial charge in [0, 0.05) is 0 Å². The van der Waals surface area contributed by atoms with E-state index < -0.39 is 5.91 Å². The second-order valence-corrected chi connectivity index (χ2v) is 5.64. The van der Waals surface area contributed by atoms with E-state index in [-0.39, 0.29) is 28.8 Å². The lowest BCUT2D eigenvalue weighted by Crippen LogP contribution is -1.97. The molecule has 8 heteroatoms. The highest BCUT2D eigenvalue weighted by Gasteiger charge is 2.17. The van der Waals surface area contributed by atoms with E-state index in [1.54, 1.807) is 24.3 Å². The maximum Gasteiger partial charge on any atom is 0.269 e. The molecular formula is C17H14ClN3O4. The van der Waals surface area contributed by atoms with Crippen LogP contribution in [0, 0.1) is 0 Å². The Bertz CT molecular complexity index is 964. The summed E-state index contributed by atoms with van der Waals surface area (Å²) in [4.78, 5) is 14.7. The third-order valence-corrected chi connectivity index (χ3v) is 3.97. The van der Waals surface area contributed by atoms with E-state index in [4.69, 9.17) is 16.3 Å². The first kappa shape index (κ1) is 16.8. The standard InChI is InChI=1S/C17H14ClN3O4/c1-25-12-7-6-11-14(15(12)18)16(17(24)19-11)21-20-13(23)8-9-2-4-10(22)5-3-9/h2-7,19,22,24H,8H2,1H3. The van der Waals surface area contributed by atoms with Crippen molar-refractivity contribution in [2.45, 2.75) is 6.42 Å². The predicted molar refractivity (Wildman–Crippen MR) is 92.9 cm³/mol. The molecule has 2 aromatic carbocycles. The third-order valence-electron chi connectivity index (χ3n) is 3.59. The van der Waals surface area contributed by atoms with Crippen molar-refractivity contribution >= 4 is 34.1 Å². The zero-order valence-electron chi connectivity index (χ0n) is 13.2. The van der Waals surface area contributed by atoms with Crippen molar-refractivity contribution in [3.8, 4) is 17.4 Å². The van der Waals surface area contributed by atoms with E-state index in [0.29, 0.717) is 22.2 Å². The number of phenols is 1. The Morgan fingerprint density at radius 2 is 1.92 bits per heavy atom. The van der Waals surface area contributed by atoms with Gasteiger partial charge in [-0.2, -0.15) is 0 Å². The van der Waals surface area contributed by atoms with Gasteiger partial charge in [-0.15, -0.1) is 10.2 Å². The molecule has 7 nitrogen and oxygen atoms in total.